The second-order valence-electron chi connectivity index (χ2n) is 9.40. The van der Waals surface area contributed by atoms with Crippen LogP contribution < -0.4 is 4.74 Å². The molecule has 1 saturated heterocycles. The third-order valence-electron chi connectivity index (χ3n) is 6.64. The molecule has 8 heteroatoms. The lowest BCUT2D eigenvalue weighted by Crippen LogP contribution is -2.45. The number of amides is 3. The Hall–Kier alpha value is -2.90. The van der Waals surface area contributed by atoms with Crippen molar-refractivity contribution in [1.82, 2.24) is 14.7 Å². The maximum Gasteiger partial charge on any atom is 0.240 e. The van der Waals surface area contributed by atoms with Gasteiger partial charge >= 0.3 is 0 Å². The predicted molar refractivity (Wildman–Crippen MR) is 130 cm³/mol. The Morgan fingerprint density at radius 3 is 2.53 bits per heavy atom. The quantitative estimate of drug-likeness (QED) is 0.540. The highest BCUT2D eigenvalue weighted by Gasteiger charge is 2.54. The summed E-state index contributed by atoms with van der Waals surface area (Å²) in [6.07, 6.45) is 0.364. The molecule has 2 atom stereocenters. The summed E-state index contributed by atoms with van der Waals surface area (Å²) in [6.45, 7) is 1.21. The number of nitrogens with zero attached hydrogens (tertiary/aromatic N) is 3. The molecule has 4 rings (SSSR count). The Morgan fingerprint density at radius 1 is 1.12 bits per heavy atom. The lowest BCUT2D eigenvalue weighted by atomic mass is 9.75. The van der Waals surface area contributed by atoms with Gasteiger partial charge in [-0.25, -0.2) is 0 Å². The largest absolute Gasteiger partial charge is 0.488 e. The highest BCUT2D eigenvalue weighted by Crippen LogP contribution is 2.43. The minimum atomic E-state index is -1.31. The van der Waals surface area contributed by atoms with E-state index in [1.54, 1.807) is 36.2 Å². The van der Waals surface area contributed by atoms with E-state index < -0.39 is 5.41 Å². The molecular weight excluding hydrogens is 454 g/mol. The number of halogens is 1. The number of hydrogen-bond acceptors (Lipinski definition) is 5. The van der Waals surface area contributed by atoms with Crippen LogP contribution in [0.5, 0.6) is 5.75 Å². The summed E-state index contributed by atoms with van der Waals surface area (Å²) in [5.74, 6) is -0.0282. The molecule has 2 aromatic carbocycles. The SMILES string of the molecule is CN(C)CCN1C(=O)C[C@](CC(=O)N(C)C[C@@H]2Cc3ccccc3O2)(c2ccccc2Cl)C1=O. The van der Waals surface area contributed by atoms with Gasteiger partial charge in [-0.2, -0.15) is 0 Å². The Morgan fingerprint density at radius 2 is 1.82 bits per heavy atom. The van der Waals surface area contributed by atoms with Crippen LogP contribution >= 0.6 is 11.6 Å². The number of carbonyl (C=O) groups excluding carboxylic acids is 3. The third kappa shape index (κ3) is 4.68. The minimum absolute atomic E-state index is 0.0755. The zero-order valence-electron chi connectivity index (χ0n) is 19.8. The molecule has 3 amide bonds. The summed E-state index contributed by atoms with van der Waals surface area (Å²) in [6, 6.07) is 14.8. The second-order valence-corrected chi connectivity index (χ2v) is 9.80. The maximum atomic E-state index is 13.7. The first-order chi connectivity index (χ1) is 16.2. The molecular formula is C26H30ClN3O4. The minimum Gasteiger partial charge on any atom is -0.488 e. The van der Waals surface area contributed by atoms with Crippen LogP contribution in [0.4, 0.5) is 0 Å². The van der Waals surface area contributed by atoms with Gasteiger partial charge in [-0.15, -0.1) is 0 Å². The first kappa shape index (κ1) is 24.2. The number of benzene rings is 2. The standard InChI is InChI=1S/C26H30ClN3O4/c1-28(2)12-13-30-24(32)16-26(25(30)33,20-9-5-6-10-21(20)27)15-23(31)29(3)17-19-14-18-8-4-7-11-22(18)34-19/h4-11,19H,12-17H2,1-3H3/t19-,26+/m0/s1. The number of likely N-dealkylation sites (N-methyl/N-ethyl adjacent to an activating group) is 2. The topological polar surface area (TPSA) is 70.2 Å². The molecule has 7 nitrogen and oxygen atoms in total. The third-order valence-corrected chi connectivity index (χ3v) is 6.97. The highest BCUT2D eigenvalue weighted by atomic mass is 35.5. The van der Waals surface area contributed by atoms with Crippen LogP contribution in [0, 0.1) is 0 Å². The lowest BCUT2D eigenvalue weighted by Gasteiger charge is -2.30. The average molecular weight is 484 g/mol. The van der Waals surface area contributed by atoms with Gasteiger partial charge in [-0.3, -0.25) is 19.3 Å². The van der Waals surface area contributed by atoms with Crippen molar-refractivity contribution in [3.05, 3.63) is 64.7 Å². The number of carbonyl (C=O) groups is 3. The number of hydrogen-bond donors (Lipinski definition) is 0. The maximum absolute atomic E-state index is 13.7. The molecule has 0 spiro atoms. The van der Waals surface area contributed by atoms with Crippen molar-refractivity contribution in [3.8, 4) is 5.75 Å². The van der Waals surface area contributed by atoms with Gasteiger partial charge in [0.2, 0.25) is 17.7 Å². The van der Waals surface area contributed by atoms with E-state index in [9.17, 15) is 14.4 Å². The van der Waals surface area contributed by atoms with Crippen LogP contribution in [0.1, 0.15) is 24.0 Å². The van der Waals surface area contributed by atoms with E-state index in [2.05, 4.69) is 0 Å². The molecule has 0 N–H and O–H groups in total. The van der Waals surface area contributed by atoms with Crippen molar-refractivity contribution in [2.75, 3.05) is 40.8 Å². The van der Waals surface area contributed by atoms with E-state index in [-0.39, 0.29) is 43.2 Å². The van der Waals surface area contributed by atoms with Gasteiger partial charge in [0.05, 0.1) is 12.0 Å². The number of rotatable bonds is 8. The van der Waals surface area contributed by atoms with Crippen molar-refractivity contribution in [1.29, 1.82) is 0 Å². The van der Waals surface area contributed by atoms with Gasteiger partial charge in [0.1, 0.15) is 11.9 Å². The molecule has 0 unspecified atom stereocenters. The van der Waals surface area contributed by atoms with Crippen LogP contribution in [0.3, 0.4) is 0 Å². The fourth-order valence-corrected chi connectivity index (χ4v) is 5.09. The van der Waals surface area contributed by atoms with Crippen LogP contribution in [0.15, 0.2) is 48.5 Å². The molecule has 0 aromatic heterocycles. The van der Waals surface area contributed by atoms with Gasteiger partial charge < -0.3 is 14.5 Å². The average Bonchev–Trinajstić information content (AvgIpc) is 3.30. The molecule has 180 valence electrons. The second kappa shape index (κ2) is 9.76. The van der Waals surface area contributed by atoms with Crippen molar-refractivity contribution < 1.29 is 19.1 Å². The number of likely N-dealkylation sites (tertiary alicyclic amines) is 1. The predicted octanol–water partition coefficient (Wildman–Crippen LogP) is 2.75. The first-order valence-electron chi connectivity index (χ1n) is 11.4. The Labute approximate surface area is 205 Å². The fraction of sp³-hybridized carbons (Fsp3) is 0.423. The van der Waals surface area contributed by atoms with Crippen molar-refractivity contribution in [2.24, 2.45) is 0 Å². The zero-order valence-corrected chi connectivity index (χ0v) is 20.5. The molecule has 34 heavy (non-hydrogen) atoms. The van der Waals surface area contributed by atoms with Gasteiger partial charge in [0, 0.05) is 44.4 Å². The normalized spacial score (nSPS) is 21.7. The van der Waals surface area contributed by atoms with Crippen LogP contribution in [0.25, 0.3) is 0 Å². The molecule has 2 heterocycles. The van der Waals surface area contributed by atoms with Gasteiger partial charge in [0.25, 0.3) is 0 Å². The summed E-state index contributed by atoms with van der Waals surface area (Å²) in [5, 5.41) is 0.378. The van der Waals surface area contributed by atoms with Crippen molar-refractivity contribution >= 4 is 29.3 Å². The lowest BCUT2D eigenvalue weighted by molar-refractivity contribution is -0.142. The monoisotopic (exact) mass is 483 g/mol. The molecule has 0 aliphatic carbocycles. The van der Waals surface area contributed by atoms with Crippen LogP contribution in [-0.2, 0) is 26.2 Å². The van der Waals surface area contributed by atoms with Gasteiger partial charge in [0.15, 0.2) is 0 Å². The summed E-state index contributed by atoms with van der Waals surface area (Å²) >= 11 is 6.50. The smallest absolute Gasteiger partial charge is 0.240 e. The summed E-state index contributed by atoms with van der Waals surface area (Å²) in [7, 11) is 5.47. The van der Waals surface area contributed by atoms with Crippen LogP contribution in [-0.4, -0.2) is 79.3 Å². The van der Waals surface area contributed by atoms with Gasteiger partial charge in [-0.1, -0.05) is 48.0 Å². The van der Waals surface area contributed by atoms with Crippen molar-refractivity contribution in [3.63, 3.8) is 0 Å². The van der Waals surface area contributed by atoms with E-state index in [0.29, 0.717) is 23.7 Å². The summed E-state index contributed by atoms with van der Waals surface area (Å²) < 4.78 is 5.99. The summed E-state index contributed by atoms with van der Waals surface area (Å²) in [4.78, 5) is 44.8. The molecule has 0 bridgehead atoms. The number of imide groups is 1. The number of para-hydroxylation sites is 1. The fourth-order valence-electron chi connectivity index (χ4n) is 4.78. The Bertz CT molecular complexity index is 1080. The molecule has 1 fully saturated rings. The number of fused-ring (bicyclic) bond motifs is 1. The highest BCUT2D eigenvalue weighted by molar-refractivity contribution is 6.32. The first-order valence-corrected chi connectivity index (χ1v) is 11.8. The summed E-state index contributed by atoms with van der Waals surface area (Å²) in [5.41, 5.74) is 0.328. The molecule has 2 aromatic rings. The molecule has 2 aliphatic rings. The Kier molecular flexibility index (Phi) is 6.96. The van der Waals surface area contributed by atoms with Crippen molar-refractivity contribution in [2.45, 2.75) is 30.8 Å². The zero-order chi connectivity index (χ0) is 24.5. The van der Waals surface area contributed by atoms with Crippen LogP contribution in [0.2, 0.25) is 5.02 Å². The van der Waals surface area contributed by atoms with Gasteiger partial charge in [-0.05, 0) is 37.4 Å². The van der Waals surface area contributed by atoms with E-state index >= 15 is 0 Å². The van der Waals surface area contributed by atoms with E-state index in [0.717, 1.165) is 17.7 Å². The molecule has 2 aliphatic heterocycles. The Balaban J connectivity index is 1.55. The van der Waals surface area contributed by atoms with E-state index in [4.69, 9.17) is 16.3 Å². The molecule has 0 saturated carbocycles. The van der Waals surface area contributed by atoms with E-state index in [1.807, 2.05) is 43.3 Å². The molecule has 0 radical (unpaired) electrons. The number of ether oxygens (including phenoxy) is 1. The van der Waals surface area contributed by atoms with E-state index in [1.165, 1.54) is 4.90 Å².